The lowest BCUT2D eigenvalue weighted by molar-refractivity contribution is 0.299. The SMILES string of the molecule is Fc1cccc(Cl)c1COc1cccc(CNc2nn[nH]n2)c1. The van der Waals surface area contributed by atoms with Crippen molar-refractivity contribution in [2.24, 2.45) is 0 Å². The molecule has 3 rings (SSSR count). The number of rotatable bonds is 6. The van der Waals surface area contributed by atoms with Crippen LogP contribution in [0.4, 0.5) is 10.3 Å². The van der Waals surface area contributed by atoms with Gasteiger partial charge in [0.2, 0.25) is 0 Å². The van der Waals surface area contributed by atoms with E-state index in [0.717, 1.165) is 5.56 Å². The number of ether oxygens (including phenoxy) is 1. The fraction of sp³-hybridized carbons (Fsp3) is 0.133. The quantitative estimate of drug-likeness (QED) is 0.724. The van der Waals surface area contributed by atoms with Gasteiger partial charge in [0.25, 0.3) is 5.95 Å². The van der Waals surface area contributed by atoms with Crippen molar-refractivity contribution in [2.75, 3.05) is 5.32 Å². The third-order valence-electron chi connectivity index (χ3n) is 3.14. The second-order valence-corrected chi connectivity index (χ2v) is 5.13. The fourth-order valence-electron chi connectivity index (χ4n) is 1.99. The first kappa shape index (κ1) is 15.2. The predicted molar refractivity (Wildman–Crippen MR) is 83.7 cm³/mol. The van der Waals surface area contributed by atoms with Gasteiger partial charge in [-0.25, -0.2) is 4.39 Å². The standard InChI is InChI=1S/C15H13ClFN5O/c16-13-5-2-6-14(17)12(13)9-23-11-4-1-3-10(7-11)8-18-15-19-21-22-20-15/h1-7H,8-9H2,(H2,18,19,20,21,22). The number of nitrogens with one attached hydrogen (secondary N) is 2. The minimum absolute atomic E-state index is 0.0627. The fourth-order valence-corrected chi connectivity index (χ4v) is 2.21. The van der Waals surface area contributed by atoms with E-state index in [4.69, 9.17) is 16.3 Å². The molecule has 0 unspecified atom stereocenters. The van der Waals surface area contributed by atoms with Gasteiger partial charge in [0.05, 0.1) is 5.02 Å². The molecule has 0 saturated carbocycles. The molecule has 2 aromatic carbocycles. The Bertz CT molecular complexity index is 761. The van der Waals surface area contributed by atoms with E-state index in [1.165, 1.54) is 6.07 Å². The first-order chi connectivity index (χ1) is 11.2. The number of benzene rings is 2. The minimum Gasteiger partial charge on any atom is -0.489 e. The third-order valence-corrected chi connectivity index (χ3v) is 3.49. The maximum absolute atomic E-state index is 13.7. The van der Waals surface area contributed by atoms with Crippen LogP contribution in [0.5, 0.6) is 5.75 Å². The van der Waals surface area contributed by atoms with E-state index >= 15 is 0 Å². The zero-order chi connectivity index (χ0) is 16.1. The normalized spacial score (nSPS) is 10.5. The van der Waals surface area contributed by atoms with Crippen molar-refractivity contribution >= 4 is 17.5 Å². The zero-order valence-electron chi connectivity index (χ0n) is 12.0. The highest BCUT2D eigenvalue weighted by molar-refractivity contribution is 6.31. The van der Waals surface area contributed by atoms with Gasteiger partial charge in [-0.1, -0.05) is 34.9 Å². The van der Waals surface area contributed by atoms with Crippen LogP contribution in [0.2, 0.25) is 5.02 Å². The van der Waals surface area contributed by atoms with Crippen LogP contribution in [0.1, 0.15) is 11.1 Å². The summed E-state index contributed by atoms with van der Waals surface area (Å²) in [5, 5.41) is 16.8. The molecule has 1 heterocycles. The number of H-pyrrole nitrogens is 1. The Labute approximate surface area is 136 Å². The third kappa shape index (κ3) is 3.95. The van der Waals surface area contributed by atoms with Gasteiger partial charge >= 0.3 is 0 Å². The molecule has 0 fully saturated rings. The molecule has 2 N–H and O–H groups in total. The van der Waals surface area contributed by atoms with Gasteiger partial charge in [-0.15, -0.1) is 5.10 Å². The van der Waals surface area contributed by atoms with Crippen molar-refractivity contribution < 1.29 is 9.13 Å². The van der Waals surface area contributed by atoms with Crippen molar-refractivity contribution in [1.29, 1.82) is 0 Å². The molecule has 0 saturated heterocycles. The van der Waals surface area contributed by atoms with E-state index in [-0.39, 0.29) is 12.4 Å². The van der Waals surface area contributed by atoms with E-state index in [1.54, 1.807) is 18.2 Å². The number of aromatic amines is 1. The maximum Gasteiger partial charge on any atom is 0.263 e. The molecular weight excluding hydrogens is 321 g/mol. The van der Waals surface area contributed by atoms with Gasteiger partial charge in [0, 0.05) is 12.1 Å². The molecule has 0 aliphatic heterocycles. The summed E-state index contributed by atoms with van der Waals surface area (Å²) in [5.74, 6) is 0.651. The van der Waals surface area contributed by atoms with Gasteiger partial charge in [-0.2, -0.15) is 5.21 Å². The first-order valence-electron chi connectivity index (χ1n) is 6.84. The number of nitrogens with zero attached hydrogens (tertiary/aromatic N) is 3. The van der Waals surface area contributed by atoms with E-state index in [1.807, 2.05) is 18.2 Å². The molecule has 3 aromatic rings. The summed E-state index contributed by atoms with van der Waals surface area (Å²) < 4.78 is 19.3. The number of aromatic nitrogens is 4. The number of hydrogen-bond acceptors (Lipinski definition) is 5. The molecule has 1 aromatic heterocycles. The Morgan fingerprint density at radius 3 is 2.87 bits per heavy atom. The first-order valence-corrected chi connectivity index (χ1v) is 7.22. The van der Waals surface area contributed by atoms with Crippen LogP contribution in [0.25, 0.3) is 0 Å². The van der Waals surface area contributed by atoms with Gasteiger partial charge in [-0.05, 0) is 35.0 Å². The highest BCUT2D eigenvalue weighted by atomic mass is 35.5. The predicted octanol–water partition coefficient (Wildman–Crippen LogP) is 3.18. The van der Waals surface area contributed by atoms with Gasteiger partial charge in [0.15, 0.2) is 0 Å². The molecule has 0 radical (unpaired) electrons. The zero-order valence-corrected chi connectivity index (χ0v) is 12.7. The van der Waals surface area contributed by atoms with Gasteiger partial charge in [0.1, 0.15) is 18.2 Å². The summed E-state index contributed by atoms with van der Waals surface area (Å²) in [6, 6.07) is 12.0. The average Bonchev–Trinajstić information content (AvgIpc) is 3.06. The summed E-state index contributed by atoms with van der Waals surface area (Å²) in [5.41, 5.74) is 1.30. The van der Waals surface area contributed by atoms with Crippen molar-refractivity contribution in [3.05, 3.63) is 64.4 Å². The van der Waals surface area contributed by atoms with Crippen LogP contribution in [0, 0.1) is 5.82 Å². The van der Waals surface area contributed by atoms with Crippen LogP contribution in [-0.2, 0) is 13.2 Å². The van der Waals surface area contributed by atoms with Crippen molar-refractivity contribution in [1.82, 2.24) is 20.6 Å². The Kier molecular flexibility index (Phi) is 4.68. The summed E-state index contributed by atoms with van der Waals surface area (Å²) in [7, 11) is 0. The summed E-state index contributed by atoms with van der Waals surface area (Å²) >= 11 is 5.98. The molecule has 23 heavy (non-hydrogen) atoms. The van der Waals surface area contributed by atoms with E-state index < -0.39 is 0 Å². The topological polar surface area (TPSA) is 75.7 Å². The lowest BCUT2D eigenvalue weighted by Crippen LogP contribution is -2.03. The Morgan fingerprint density at radius 1 is 1.22 bits per heavy atom. The van der Waals surface area contributed by atoms with E-state index in [0.29, 0.717) is 28.8 Å². The van der Waals surface area contributed by atoms with Gasteiger partial charge < -0.3 is 10.1 Å². The highest BCUT2D eigenvalue weighted by Crippen LogP contribution is 2.22. The molecule has 8 heteroatoms. The second kappa shape index (κ2) is 7.06. The average molecular weight is 334 g/mol. The van der Waals surface area contributed by atoms with Crippen LogP contribution in [0.3, 0.4) is 0 Å². The van der Waals surface area contributed by atoms with Gasteiger partial charge in [-0.3, -0.25) is 0 Å². The lowest BCUT2D eigenvalue weighted by Gasteiger charge is -2.10. The molecule has 0 spiro atoms. The molecule has 0 aliphatic carbocycles. The molecule has 6 nitrogen and oxygen atoms in total. The molecular formula is C15H13ClFN5O. The van der Waals surface area contributed by atoms with Crippen molar-refractivity contribution in [3.63, 3.8) is 0 Å². The van der Waals surface area contributed by atoms with E-state index in [2.05, 4.69) is 25.9 Å². The van der Waals surface area contributed by atoms with E-state index in [9.17, 15) is 4.39 Å². The van der Waals surface area contributed by atoms with Crippen LogP contribution in [-0.4, -0.2) is 20.6 Å². The number of hydrogen-bond donors (Lipinski definition) is 2. The van der Waals surface area contributed by atoms with Crippen LogP contribution >= 0.6 is 11.6 Å². The van der Waals surface area contributed by atoms with Crippen LogP contribution < -0.4 is 10.1 Å². The smallest absolute Gasteiger partial charge is 0.263 e. The molecule has 0 amide bonds. The summed E-state index contributed by atoms with van der Waals surface area (Å²) in [4.78, 5) is 0. The number of tetrazole rings is 1. The maximum atomic E-state index is 13.7. The lowest BCUT2D eigenvalue weighted by atomic mass is 10.2. The number of anilines is 1. The Morgan fingerprint density at radius 2 is 2.09 bits per heavy atom. The molecule has 0 bridgehead atoms. The van der Waals surface area contributed by atoms with Crippen molar-refractivity contribution in [3.8, 4) is 5.75 Å². The van der Waals surface area contributed by atoms with Crippen molar-refractivity contribution in [2.45, 2.75) is 13.2 Å². The van der Waals surface area contributed by atoms with Crippen LogP contribution in [0.15, 0.2) is 42.5 Å². The summed E-state index contributed by atoms with van der Waals surface area (Å²) in [6.07, 6.45) is 0. The Balaban J connectivity index is 1.63. The monoisotopic (exact) mass is 333 g/mol. The number of halogens is 2. The second-order valence-electron chi connectivity index (χ2n) is 4.73. The Hall–Kier alpha value is -2.67. The minimum atomic E-state index is -0.382. The highest BCUT2D eigenvalue weighted by Gasteiger charge is 2.08. The largest absolute Gasteiger partial charge is 0.489 e. The molecule has 0 aliphatic rings. The molecule has 0 atom stereocenters. The molecule has 118 valence electrons. The summed E-state index contributed by atoms with van der Waals surface area (Å²) in [6.45, 7) is 0.574.